The molecule has 0 atom stereocenters. The Hall–Kier alpha value is -2.01. The van der Waals surface area contributed by atoms with E-state index in [1.807, 2.05) is 18.3 Å². The molecule has 3 aromatic rings. The van der Waals surface area contributed by atoms with E-state index in [1.165, 1.54) is 5.39 Å². The first-order valence-electron chi connectivity index (χ1n) is 6.29. The zero-order valence-corrected chi connectivity index (χ0v) is 11.4. The van der Waals surface area contributed by atoms with Crippen molar-refractivity contribution in [1.29, 1.82) is 0 Å². The molecule has 0 unspecified atom stereocenters. The van der Waals surface area contributed by atoms with Crippen LogP contribution in [0, 0.1) is 0 Å². The minimum Gasteiger partial charge on any atom is -0.360 e. The summed E-state index contributed by atoms with van der Waals surface area (Å²) in [6.45, 7) is 3.05. The molecule has 2 heterocycles. The fourth-order valence-corrected chi connectivity index (χ4v) is 2.74. The van der Waals surface area contributed by atoms with Gasteiger partial charge < -0.3 is 5.32 Å². The second-order valence-corrected chi connectivity index (χ2v) is 5.22. The van der Waals surface area contributed by atoms with Crippen molar-refractivity contribution in [2.24, 2.45) is 0 Å². The largest absolute Gasteiger partial charge is 0.360 e. The fourth-order valence-electron chi connectivity index (χ4n) is 1.94. The van der Waals surface area contributed by atoms with Crippen molar-refractivity contribution in [1.82, 2.24) is 15.2 Å². The predicted octanol–water partition coefficient (Wildman–Crippen LogP) is 3.58. The molecule has 96 valence electrons. The quantitative estimate of drug-likeness (QED) is 0.787. The van der Waals surface area contributed by atoms with Crippen molar-refractivity contribution < 1.29 is 0 Å². The van der Waals surface area contributed by atoms with E-state index in [0.29, 0.717) is 0 Å². The molecule has 0 aliphatic rings. The number of benzene rings is 1. The first-order chi connectivity index (χ1) is 9.38. The minimum atomic E-state index is 0.873. The van der Waals surface area contributed by atoms with Crippen molar-refractivity contribution in [2.45, 2.75) is 13.3 Å². The van der Waals surface area contributed by atoms with Gasteiger partial charge in [-0.1, -0.05) is 36.5 Å². The molecule has 0 saturated carbocycles. The van der Waals surface area contributed by atoms with Gasteiger partial charge in [-0.05, 0) is 17.9 Å². The smallest absolute Gasteiger partial charge is 0.206 e. The number of pyridine rings is 1. The summed E-state index contributed by atoms with van der Waals surface area (Å²) < 4.78 is 0. The van der Waals surface area contributed by atoms with E-state index in [4.69, 9.17) is 0 Å². The lowest BCUT2D eigenvalue weighted by atomic mass is 10.1. The van der Waals surface area contributed by atoms with Gasteiger partial charge in [-0.3, -0.25) is 4.98 Å². The molecule has 0 amide bonds. The standard InChI is InChI=1S/C14H14N4S/c1-2-7-16-14-18-17-13(19-14)11-5-3-4-10-6-8-15-9-12(10)11/h3-6,8-9H,2,7H2,1H3,(H,16,18). The normalized spacial score (nSPS) is 10.8. The van der Waals surface area contributed by atoms with Crippen LogP contribution in [0.15, 0.2) is 36.7 Å². The summed E-state index contributed by atoms with van der Waals surface area (Å²) in [4.78, 5) is 4.20. The zero-order valence-electron chi connectivity index (χ0n) is 10.6. The van der Waals surface area contributed by atoms with Gasteiger partial charge in [0.2, 0.25) is 5.13 Å². The molecule has 3 rings (SSSR count). The molecule has 0 saturated heterocycles. The van der Waals surface area contributed by atoms with Crippen molar-refractivity contribution >= 4 is 27.2 Å². The van der Waals surface area contributed by atoms with Crippen molar-refractivity contribution in [3.05, 3.63) is 36.7 Å². The van der Waals surface area contributed by atoms with Crippen LogP contribution in [0.25, 0.3) is 21.3 Å². The van der Waals surface area contributed by atoms with E-state index in [2.05, 4.69) is 39.6 Å². The van der Waals surface area contributed by atoms with E-state index < -0.39 is 0 Å². The molecular weight excluding hydrogens is 256 g/mol. The summed E-state index contributed by atoms with van der Waals surface area (Å²) in [5.41, 5.74) is 1.09. The van der Waals surface area contributed by atoms with E-state index in [-0.39, 0.29) is 0 Å². The highest BCUT2D eigenvalue weighted by Crippen LogP contribution is 2.31. The SMILES string of the molecule is CCCNc1nnc(-c2cccc3ccncc23)s1. The molecule has 0 aliphatic heterocycles. The van der Waals surface area contributed by atoms with Gasteiger partial charge in [-0.25, -0.2) is 0 Å². The Kier molecular flexibility index (Phi) is 3.37. The highest BCUT2D eigenvalue weighted by molar-refractivity contribution is 7.18. The Bertz CT molecular complexity index is 687. The summed E-state index contributed by atoms with van der Waals surface area (Å²) in [5.74, 6) is 0. The van der Waals surface area contributed by atoms with Gasteiger partial charge in [0.05, 0.1) is 0 Å². The Morgan fingerprint density at radius 3 is 3.05 bits per heavy atom. The highest BCUT2D eigenvalue weighted by atomic mass is 32.1. The number of nitrogens with one attached hydrogen (secondary N) is 1. The molecule has 19 heavy (non-hydrogen) atoms. The summed E-state index contributed by atoms with van der Waals surface area (Å²) in [5, 5.41) is 15.8. The number of hydrogen-bond donors (Lipinski definition) is 1. The number of nitrogens with zero attached hydrogens (tertiary/aromatic N) is 3. The van der Waals surface area contributed by atoms with Crippen LogP contribution < -0.4 is 5.32 Å². The second kappa shape index (κ2) is 5.32. The monoisotopic (exact) mass is 270 g/mol. The predicted molar refractivity (Wildman–Crippen MR) is 79.4 cm³/mol. The molecule has 0 aliphatic carbocycles. The van der Waals surface area contributed by atoms with Crippen molar-refractivity contribution in [2.75, 3.05) is 11.9 Å². The molecule has 2 aromatic heterocycles. The first-order valence-corrected chi connectivity index (χ1v) is 7.10. The molecule has 0 spiro atoms. The molecule has 0 fully saturated rings. The molecule has 1 aromatic carbocycles. The Morgan fingerprint density at radius 1 is 1.21 bits per heavy atom. The van der Waals surface area contributed by atoms with Crippen LogP contribution in [0.5, 0.6) is 0 Å². The molecule has 0 bridgehead atoms. The van der Waals surface area contributed by atoms with Crippen LogP contribution in [-0.2, 0) is 0 Å². The lowest BCUT2D eigenvalue weighted by Crippen LogP contribution is -1.98. The Morgan fingerprint density at radius 2 is 2.16 bits per heavy atom. The topological polar surface area (TPSA) is 50.7 Å². The molecule has 0 radical (unpaired) electrons. The third kappa shape index (κ3) is 2.42. The van der Waals surface area contributed by atoms with Gasteiger partial charge in [0.15, 0.2) is 0 Å². The van der Waals surface area contributed by atoms with Crippen molar-refractivity contribution in [3.8, 4) is 10.6 Å². The van der Waals surface area contributed by atoms with Crippen LogP contribution >= 0.6 is 11.3 Å². The molecule has 1 N–H and O–H groups in total. The molecule has 5 heteroatoms. The van der Waals surface area contributed by atoms with Crippen molar-refractivity contribution in [3.63, 3.8) is 0 Å². The zero-order chi connectivity index (χ0) is 13.1. The lowest BCUT2D eigenvalue weighted by molar-refractivity contribution is 0.964. The van der Waals surface area contributed by atoms with E-state index in [0.717, 1.165) is 34.1 Å². The average Bonchev–Trinajstić information content (AvgIpc) is 2.93. The summed E-state index contributed by atoms with van der Waals surface area (Å²) >= 11 is 1.58. The third-order valence-electron chi connectivity index (χ3n) is 2.87. The molecule has 4 nitrogen and oxygen atoms in total. The number of anilines is 1. The van der Waals surface area contributed by atoms with E-state index >= 15 is 0 Å². The van der Waals surface area contributed by atoms with Crippen LogP contribution in [0.1, 0.15) is 13.3 Å². The van der Waals surface area contributed by atoms with Gasteiger partial charge in [-0.15, -0.1) is 10.2 Å². The minimum absolute atomic E-state index is 0.873. The third-order valence-corrected chi connectivity index (χ3v) is 3.78. The van der Waals surface area contributed by atoms with E-state index in [1.54, 1.807) is 17.5 Å². The van der Waals surface area contributed by atoms with Gasteiger partial charge in [0.25, 0.3) is 0 Å². The Balaban J connectivity index is 2.02. The van der Waals surface area contributed by atoms with Gasteiger partial charge in [0, 0.05) is 29.9 Å². The van der Waals surface area contributed by atoms with Gasteiger partial charge in [0.1, 0.15) is 5.01 Å². The fraction of sp³-hybridized carbons (Fsp3) is 0.214. The first kappa shape index (κ1) is 12.0. The van der Waals surface area contributed by atoms with Crippen LogP contribution in [-0.4, -0.2) is 21.7 Å². The summed E-state index contributed by atoms with van der Waals surface area (Å²) in [7, 11) is 0. The summed E-state index contributed by atoms with van der Waals surface area (Å²) in [6.07, 6.45) is 4.76. The van der Waals surface area contributed by atoms with Gasteiger partial charge >= 0.3 is 0 Å². The van der Waals surface area contributed by atoms with Crippen LogP contribution in [0.3, 0.4) is 0 Å². The maximum atomic E-state index is 4.27. The maximum absolute atomic E-state index is 4.27. The average molecular weight is 270 g/mol. The number of hydrogen-bond acceptors (Lipinski definition) is 5. The number of aromatic nitrogens is 3. The number of fused-ring (bicyclic) bond motifs is 1. The maximum Gasteiger partial charge on any atom is 0.206 e. The molecular formula is C14H14N4S. The van der Waals surface area contributed by atoms with Crippen LogP contribution in [0.2, 0.25) is 0 Å². The van der Waals surface area contributed by atoms with Crippen LogP contribution in [0.4, 0.5) is 5.13 Å². The Labute approximate surface area is 115 Å². The number of rotatable bonds is 4. The lowest BCUT2D eigenvalue weighted by Gasteiger charge is -2.01. The van der Waals surface area contributed by atoms with E-state index in [9.17, 15) is 0 Å². The highest BCUT2D eigenvalue weighted by Gasteiger charge is 2.09. The summed E-state index contributed by atoms with van der Waals surface area (Å²) in [6, 6.07) is 8.19. The second-order valence-electron chi connectivity index (χ2n) is 4.24. The van der Waals surface area contributed by atoms with Gasteiger partial charge in [-0.2, -0.15) is 0 Å².